The van der Waals surface area contributed by atoms with Crippen molar-refractivity contribution in [1.29, 1.82) is 0 Å². The molecule has 2 aromatic rings. The molecule has 2 aliphatic heterocycles. The molecular formula is C23H32N4OS. The third-order valence-corrected chi connectivity index (χ3v) is 7.90. The number of fused-ring (bicyclic) bond motifs is 1. The number of amides is 1. The van der Waals surface area contributed by atoms with Crippen molar-refractivity contribution in [1.82, 2.24) is 19.7 Å². The van der Waals surface area contributed by atoms with Crippen molar-refractivity contribution in [2.75, 3.05) is 50.8 Å². The van der Waals surface area contributed by atoms with Crippen molar-refractivity contribution >= 4 is 28.6 Å². The summed E-state index contributed by atoms with van der Waals surface area (Å²) in [6, 6.07) is 7.05. The van der Waals surface area contributed by atoms with Gasteiger partial charge in [-0.2, -0.15) is 11.8 Å². The number of carbonyl (C=O) groups is 1. The molecular weight excluding hydrogens is 380 g/mol. The van der Waals surface area contributed by atoms with Crippen molar-refractivity contribution in [3.8, 4) is 0 Å². The van der Waals surface area contributed by atoms with Crippen LogP contribution in [-0.4, -0.2) is 82.4 Å². The number of benzene rings is 1. The molecule has 1 aromatic carbocycles. The summed E-state index contributed by atoms with van der Waals surface area (Å²) < 4.78 is 0. The van der Waals surface area contributed by atoms with E-state index in [-0.39, 0.29) is 5.91 Å². The number of carbonyl (C=O) groups excluding carboxylic acids is 1. The average molecular weight is 413 g/mol. The first kappa shape index (κ1) is 19.5. The highest BCUT2D eigenvalue weighted by molar-refractivity contribution is 7.99. The molecule has 5 nitrogen and oxygen atoms in total. The molecule has 2 saturated heterocycles. The fourth-order valence-corrected chi connectivity index (χ4v) is 6.10. The molecule has 1 amide bonds. The number of nitrogens with one attached hydrogen (secondary N) is 1. The maximum absolute atomic E-state index is 12.8. The van der Waals surface area contributed by atoms with Gasteiger partial charge in [-0.3, -0.25) is 14.6 Å². The first-order valence-corrected chi connectivity index (χ1v) is 12.4. The van der Waals surface area contributed by atoms with E-state index in [2.05, 4.69) is 27.0 Å². The van der Waals surface area contributed by atoms with Crippen LogP contribution in [-0.2, 0) is 6.54 Å². The smallest absolute Gasteiger partial charge is 0.253 e. The highest BCUT2D eigenvalue weighted by atomic mass is 32.2. The van der Waals surface area contributed by atoms with Gasteiger partial charge in [0.2, 0.25) is 0 Å². The second kappa shape index (κ2) is 8.70. The molecule has 1 aromatic heterocycles. The summed E-state index contributed by atoms with van der Waals surface area (Å²) in [5.74, 6) is 2.27. The molecule has 0 radical (unpaired) electrons. The minimum Gasteiger partial charge on any atom is -0.361 e. The standard InChI is InChI=1S/C23H32N4OS/c28-23(27-11-13-29-14-12-27)18-5-6-21-19(16-24-22(21)15-18)17-25-7-9-26(10-8-25)20-3-1-2-4-20/h5-6,15-16,20,24H,1-4,7-14,17H2. The van der Waals surface area contributed by atoms with Crippen LogP contribution in [0.25, 0.3) is 10.9 Å². The minimum absolute atomic E-state index is 0.173. The van der Waals surface area contributed by atoms with Gasteiger partial charge in [0.1, 0.15) is 0 Å². The Hall–Kier alpha value is -1.50. The normalized spacial score (nSPS) is 22.6. The monoisotopic (exact) mass is 412 g/mol. The molecule has 1 aliphatic carbocycles. The van der Waals surface area contributed by atoms with Crippen LogP contribution in [0, 0.1) is 0 Å². The van der Waals surface area contributed by atoms with Gasteiger partial charge in [-0.25, -0.2) is 0 Å². The first-order chi connectivity index (χ1) is 14.3. The van der Waals surface area contributed by atoms with Crippen LogP contribution in [0.15, 0.2) is 24.4 Å². The van der Waals surface area contributed by atoms with Crippen LogP contribution in [0.5, 0.6) is 0 Å². The third kappa shape index (κ3) is 4.21. The highest BCUT2D eigenvalue weighted by Gasteiger charge is 2.26. The molecule has 0 spiro atoms. The van der Waals surface area contributed by atoms with Gasteiger partial charge >= 0.3 is 0 Å². The number of nitrogens with zero attached hydrogens (tertiary/aromatic N) is 3. The van der Waals surface area contributed by atoms with Crippen LogP contribution >= 0.6 is 11.8 Å². The van der Waals surface area contributed by atoms with E-state index in [1.807, 2.05) is 28.8 Å². The molecule has 0 atom stereocenters. The molecule has 3 fully saturated rings. The lowest BCUT2D eigenvalue weighted by atomic mass is 10.1. The Morgan fingerprint density at radius 2 is 1.79 bits per heavy atom. The number of aromatic amines is 1. The van der Waals surface area contributed by atoms with Gasteiger partial charge in [0, 0.05) is 86.0 Å². The number of aromatic nitrogens is 1. The Morgan fingerprint density at radius 1 is 1.03 bits per heavy atom. The summed E-state index contributed by atoms with van der Waals surface area (Å²) in [7, 11) is 0. The summed E-state index contributed by atoms with van der Waals surface area (Å²) in [5.41, 5.74) is 3.24. The second-order valence-corrected chi connectivity index (χ2v) is 9.95. The van der Waals surface area contributed by atoms with Gasteiger partial charge in [0.05, 0.1) is 0 Å². The van der Waals surface area contributed by atoms with E-state index in [9.17, 15) is 4.79 Å². The van der Waals surface area contributed by atoms with E-state index < -0.39 is 0 Å². The van der Waals surface area contributed by atoms with Crippen molar-refractivity contribution in [2.45, 2.75) is 38.3 Å². The second-order valence-electron chi connectivity index (χ2n) is 8.73. The SMILES string of the molecule is O=C(c1ccc2c(CN3CCN(C4CCCC4)CC3)c[nH]c2c1)N1CCSCC1. The number of H-pyrrole nitrogens is 1. The molecule has 29 heavy (non-hydrogen) atoms. The molecule has 3 heterocycles. The Labute approximate surface area is 177 Å². The molecule has 0 unspecified atom stereocenters. The van der Waals surface area contributed by atoms with Crippen molar-refractivity contribution in [2.24, 2.45) is 0 Å². The lowest BCUT2D eigenvalue weighted by Gasteiger charge is -2.38. The Kier molecular flexibility index (Phi) is 5.84. The quantitative estimate of drug-likeness (QED) is 0.836. The van der Waals surface area contributed by atoms with Crippen molar-refractivity contribution in [3.05, 3.63) is 35.5 Å². The molecule has 1 saturated carbocycles. The van der Waals surface area contributed by atoms with Gasteiger partial charge in [0.15, 0.2) is 0 Å². The van der Waals surface area contributed by atoms with Crippen LogP contribution in [0.3, 0.4) is 0 Å². The summed E-state index contributed by atoms with van der Waals surface area (Å²) in [4.78, 5) is 23.5. The zero-order chi connectivity index (χ0) is 19.6. The van der Waals surface area contributed by atoms with Gasteiger partial charge in [0.25, 0.3) is 5.91 Å². The van der Waals surface area contributed by atoms with Gasteiger partial charge < -0.3 is 9.88 Å². The third-order valence-electron chi connectivity index (χ3n) is 6.95. The Balaban J connectivity index is 1.23. The van der Waals surface area contributed by atoms with E-state index >= 15 is 0 Å². The Morgan fingerprint density at radius 3 is 2.55 bits per heavy atom. The number of thioether (sulfide) groups is 1. The zero-order valence-corrected chi connectivity index (χ0v) is 18.1. The van der Waals surface area contributed by atoms with Crippen LogP contribution in [0.2, 0.25) is 0 Å². The highest BCUT2D eigenvalue weighted by Crippen LogP contribution is 2.26. The number of piperazine rings is 1. The Bertz CT molecular complexity index is 846. The lowest BCUT2D eigenvalue weighted by molar-refractivity contribution is 0.0772. The minimum atomic E-state index is 0.173. The maximum atomic E-state index is 12.8. The largest absolute Gasteiger partial charge is 0.361 e. The number of rotatable bonds is 4. The summed E-state index contributed by atoms with van der Waals surface area (Å²) in [6.07, 6.45) is 7.78. The van der Waals surface area contributed by atoms with E-state index in [1.54, 1.807) is 0 Å². The van der Waals surface area contributed by atoms with Crippen LogP contribution in [0.1, 0.15) is 41.6 Å². The van der Waals surface area contributed by atoms with E-state index in [0.29, 0.717) is 0 Å². The fraction of sp³-hybridized carbons (Fsp3) is 0.609. The van der Waals surface area contributed by atoms with Crippen molar-refractivity contribution < 1.29 is 4.79 Å². The van der Waals surface area contributed by atoms with E-state index in [1.165, 1.54) is 49.7 Å². The number of hydrogen-bond donors (Lipinski definition) is 1. The average Bonchev–Trinajstić information content (AvgIpc) is 3.45. The summed E-state index contributed by atoms with van der Waals surface area (Å²) in [5, 5.41) is 1.26. The molecule has 3 aliphatic rings. The predicted octanol–water partition coefficient (Wildman–Crippen LogP) is 3.42. The zero-order valence-electron chi connectivity index (χ0n) is 17.2. The predicted molar refractivity (Wildman–Crippen MR) is 121 cm³/mol. The number of hydrogen-bond acceptors (Lipinski definition) is 4. The van der Waals surface area contributed by atoms with Gasteiger partial charge in [-0.15, -0.1) is 0 Å². The molecule has 0 bridgehead atoms. The van der Waals surface area contributed by atoms with Crippen LogP contribution < -0.4 is 0 Å². The molecule has 1 N–H and O–H groups in total. The first-order valence-electron chi connectivity index (χ1n) is 11.2. The van der Waals surface area contributed by atoms with Gasteiger partial charge in [-0.05, 0) is 30.5 Å². The fourth-order valence-electron chi connectivity index (χ4n) is 5.20. The van der Waals surface area contributed by atoms with E-state index in [0.717, 1.165) is 61.4 Å². The topological polar surface area (TPSA) is 42.6 Å². The molecule has 156 valence electrons. The summed E-state index contributed by atoms with van der Waals surface area (Å²) in [6.45, 7) is 7.46. The lowest BCUT2D eigenvalue weighted by Crippen LogP contribution is -2.49. The van der Waals surface area contributed by atoms with Crippen LogP contribution in [0.4, 0.5) is 0 Å². The molecule has 5 rings (SSSR count). The van der Waals surface area contributed by atoms with Crippen molar-refractivity contribution in [3.63, 3.8) is 0 Å². The summed E-state index contributed by atoms with van der Waals surface area (Å²) >= 11 is 1.93. The maximum Gasteiger partial charge on any atom is 0.253 e. The van der Waals surface area contributed by atoms with Gasteiger partial charge in [-0.1, -0.05) is 18.9 Å². The van der Waals surface area contributed by atoms with E-state index in [4.69, 9.17) is 0 Å². The molecule has 6 heteroatoms.